The second kappa shape index (κ2) is 8.99. The molecule has 0 spiro atoms. The van der Waals surface area contributed by atoms with Crippen molar-refractivity contribution in [1.29, 1.82) is 0 Å². The van der Waals surface area contributed by atoms with Crippen LogP contribution in [0.3, 0.4) is 0 Å². The number of carbonyl (C=O) groups excluding carboxylic acids is 2. The summed E-state index contributed by atoms with van der Waals surface area (Å²) in [6.07, 6.45) is 7.32. The minimum Gasteiger partial charge on any atom is -0.345 e. The molecular weight excluding hydrogens is 314 g/mol. The first kappa shape index (κ1) is 17.9. The van der Waals surface area contributed by atoms with E-state index < -0.39 is 11.8 Å². The van der Waals surface area contributed by atoms with Crippen LogP contribution in [-0.2, 0) is 16.1 Å². The maximum atomic E-state index is 12.1. The molecule has 1 aromatic carbocycles. The smallest absolute Gasteiger partial charge is 0.309 e. The van der Waals surface area contributed by atoms with Gasteiger partial charge in [0.15, 0.2) is 0 Å². The molecule has 1 aliphatic heterocycles. The number of carbonyl (C=O) groups is 2. The molecule has 5 nitrogen and oxygen atoms in total. The summed E-state index contributed by atoms with van der Waals surface area (Å²) in [5, 5.41) is 5.80. The standard InChI is InChI=1S/C20H29N3O2/c24-19(21-17-9-5-2-6-10-17)20(25)22-18-11-13-23(14-12-18)15-16-7-3-1-4-8-16/h1,3-4,7-8,17-18H,2,5-6,9-15H2,(H,21,24)(H,22,25). The third kappa shape index (κ3) is 5.56. The molecule has 0 atom stereocenters. The summed E-state index contributed by atoms with van der Waals surface area (Å²) < 4.78 is 0. The largest absolute Gasteiger partial charge is 0.345 e. The normalized spacial score (nSPS) is 20.2. The van der Waals surface area contributed by atoms with Gasteiger partial charge in [0.2, 0.25) is 0 Å². The highest BCUT2D eigenvalue weighted by atomic mass is 16.2. The molecule has 0 aromatic heterocycles. The molecular formula is C20H29N3O2. The van der Waals surface area contributed by atoms with Crippen molar-refractivity contribution in [1.82, 2.24) is 15.5 Å². The van der Waals surface area contributed by atoms with E-state index in [0.717, 1.165) is 58.2 Å². The van der Waals surface area contributed by atoms with Crippen molar-refractivity contribution in [3.8, 4) is 0 Å². The molecule has 1 saturated heterocycles. The fourth-order valence-electron chi connectivity index (χ4n) is 3.83. The topological polar surface area (TPSA) is 61.4 Å². The van der Waals surface area contributed by atoms with Gasteiger partial charge in [0.25, 0.3) is 0 Å². The molecule has 5 heteroatoms. The van der Waals surface area contributed by atoms with Gasteiger partial charge >= 0.3 is 11.8 Å². The Hall–Kier alpha value is -1.88. The average Bonchev–Trinajstić information content (AvgIpc) is 2.65. The van der Waals surface area contributed by atoms with Crippen LogP contribution in [0.1, 0.15) is 50.5 Å². The number of nitrogens with zero attached hydrogens (tertiary/aromatic N) is 1. The molecule has 2 N–H and O–H groups in total. The zero-order valence-corrected chi connectivity index (χ0v) is 14.9. The lowest BCUT2D eigenvalue weighted by Crippen LogP contribution is -2.50. The molecule has 1 aromatic rings. The highest BCUT2D eigenvalue weighted by Crippen LogP contribution is 2.17. The molecule has 2 aliphatic rings. The van der Waals surface area contributed by atoms with Gasteiger partial charge in [-0.25, -0.2) is 0 Å². The van der Waals surface area contributed by atoms with Crippen LogP contribution in [0.4, 0.5) is 0 Å². The minimum absolute atomic E-state index is 0.108. The number of piperidine rings is 1. The molecule has 136 valence electrons. The minimum atomic E-state index is -0.466. The second-order valence-corrected chi connectivity index (χ2v) is 7.32. The number of hydrogen-bond donors (Lipinski definition) is 2. The fourth-order valence-corrected chi connectivity index (χ4v) is 3.83. The number of nitrogens with one attached hydrogen (secondary N) is 2. The van der Waals surface area contributed by atoms with Crippen molar-refractivity contribution in [2.75, 3.05) is 13.1 Å². The number of amides is 2. The molecule has 2 amide bonds. The van der Waals surface area contributed by atoms with E-state index in [0.29, 0.717) is 0 Å². The van der Waals surface area contributed by atoms with Crippen molar-refractivity contribution < 1.29 is 9.59 Å². The quantitative estimate of drug-likeness (QED) is 0.824. The lowest BCUT2D eigenvalue weighted by atomic mass is 9.95. The van der Waals surface area contributed by atoms with Crippen LogP contribution in [0.5, 0.6) is 0 Å². The van der Waals surface area contributed by atoms with Gasteiger partial charge in [0, 0.05) is 31.7 Å². The fraction of sp³-hybridized carbons (Fsp3) is 0.600. The average molecular weight is 343 g/mol. The summed E-state index contributed by atoms with van der Waals surface area (Å²) in [6, 6.07) is 10.7. The summed E-state index contributed by atoms with van der Waals surface area (Å²) >= 11 is 0. The van der Waals surface area contributed by atoms with Gasteiger partial charge in [-0.05, 0) is 31.2 Å². The summed E-state index contributed by atoms with van der Waals surface area (Å²) in [4.78, 5) is 26.6. The maximum Gasteiger partial charge on any atom is 0.309 e. The van der Waals surface area contributed by atoms with Gasteiger partial charge in [-0.2, -0.15) is 0 Å². The Labute approximate surface area is 150 Å². The van der Waals surface area contributed by atoms with Crippen molar-refractivity contribution in [2.45, 2.75) is 63.6 Å². The van der Waals surface area contributed by atoms with E-state index in [1.807, 2.05) is 6.07 Å². The van der Waals surface area contributed by atoms with Crippen LogP contribution in [0.25, 0.3) is 0 Å². The third-order valence-corrected chi connectivity index (χ3v) is 5.32. The van der Waals surface area contributed by atoms with Crippen molar-refractivity contribution in [2.24, 2.45) is 0 Å². The van der Waals surface area contributed by atoms with Crippen LogP contribution in [0, 0.1) is 0 Å². The van der Waals surface area contributed by atoms with Crippen LogP contribution < -0.4 is 10.6 Å². The molecule has 0 radical (unpaired) electrons. The monoisotopic (exact) mass is 343 g/mol. The Kier molecular flexibility index (Phi) is 6.45. The van der Waals surface area contributed by atoms with E-state index in [1.54, 1.807) is 0 Å². The van der Waals surface area contributed by atoms with E-state index in [4.69, 9.17) is 0 Å². The summed E-state index contributed by atoms with van der Waals surface area (Å²) in [7, 11) is 0. The van der Waals surface area contributed by atoms with Gasteiger partial charge in [0.1, 0.15) is 0 Å². The Morgan fingerprint density at radius 1 is 0.840 bits per heavy atom. The van der Waals surface area contributed by atoms with Crippen molar-refractivity contribution in [3.05, 3.63) is 35.9 Å². The molecule has 3 rings (SSSR count). The van der Waals surface area contributed by atoms with Crippen LogP contribution in [0.15, 0.2) is 30.3 Å². The first-order chi connectivity index (χ1) is 12.2. The molecule has 1 aliphatic carbocycles. The van der Waals surface area contributed by atoms with Gasteiger partial charge in [0.05, 0.1) is 0 Å². The maximum absolute atomic E-state index is 12.1. The lowest BCUT2D eigenvalue weighted by Gasteiger charge is -2.32. The van der Waals surface area contributed by atoms with Crippen LogP contribution >= 0.6 is 0 Å². The molecule has 2 fully saturated rings. The van der Waals surface area contributed by atoms with Gasteiger partial charge < -0.3 is 10.6 Å². The molecule has 1 heterocycles. The second-order valence-electron chi connectivity index (χ2n) is 7.32. The van der Waals surface area contributed by atoms with Gasteiger partial charge in [-0.15, -0.1) is 0 Å². The van der Waals surface area contributed by atoms with Crippen molar-refractivity contribution >= 4 is 11.8 Å². The SMILES string of the molecule is O=C(NC1CCCCC1)C(=O)NC1CCN(Cc2ccccc2)CC1. The lowest BCUT2D eigenvalue weighted by molar-refractivity contribution is -0.140. The first-order valence-electron chi connectivity index (χ1n) is 9.58. The van der Waals surface area contributed by atoms with Crippen LogP contribution in [0.2, 0.25) is 0 Å². The van der Waals surface area contributed by atoms with Gasteiger partial charge in [-0.3, -0.25) is 14.5 Å². The Morgan fingerprint density at radius 3 is 2.00 bits per heavy atom. The Morgan fingerprint density at radius 2 is 1.40 bits per heavy atom. The van der Waals surface area contributed by atoms with E-state index in [9.17, 15) is 9.59 Å². The molecule has 0 unspecified atom stereocenters. The Bertz CT molecular complexity index is 562. The Balaban J connectivity index is 1.37. The van der Waals surface area contributed by atoms with E-state index >= 15 is 0 Å². The predicted molar refractivity (Wildman–Crippen MR) is 97.9 cm³/mol. The number of hydrogen-bond acceptors (Lipinski definition) is 3. The highest BCUT2D eigenvalue weighted by molar-refractivity contribution is 6.35. The van der Waals surface area contributed by atoms with E-state index in [2.05, 4.69) is 39.8 Å². The van der Waals surface area contributed by atoms with Gasteiger partial charge in [-0.1, -0.05) is 49.6 Å². The summed E-state index contributed by atoms with van der Waals surface area (Å²) in [5.41, 5.74) is 1.32. The number of likely N-dealkylation sites (tertiary alicyclic amines) is 1. The van der Waals surface area contributed by atoms with Crippen molar-refractivity contribution in [3.63, 3.8) is 0 Å². The molecule has 25 heavy (non-hydrogen) atoms. The molecule has 0 bridgehead atoms. The highest BCUT2D eigenvalue weighted by Gasteiger charge is 2.25. The predicted octanol–water partition coefficient (Wildman–Crippen LogP) is 2.22. The molecule has 1 saturated carbocycles. The van der Waals surface area contributed by atoms with Crippen LogP contribution in [-0.4, -0.2) is 41.9 Å². The summed E-state index contributed by atoms with van der Waals surface area (Å²) in [5.74, 6) is -0.925. The first-order valence-corrected chi connectivity index (χ1v) is 9.58. The van der Waals surface area contributed by atoms with E-state index in [-0.39, 0.29) is 12.1 Å². The zero-order chi connectivity index (χ0) is 17.5. The third-order valence-electron chi connectivity index (χ3n) is 5.32. The summed E-state index contributed by atoms with van der Waals surface area (Å²) in [6.45, 7) is 2.85. The number of benzene rings is 1. The van der Waals surface area contributed by atoms with E-state index in [1.165, 1.54) is 12.0 Å². The number of rotatable bonds is 4. The zero-order valence-electron chi connectivity index (χ0n) is 14.9.